The van der Waals surface area contributed by atoms with Gasteiger partial charge in [-0.3, -0.25) is 9.36 Å². The van der Waals surface area contributed by atoms with Crippen molar-refractivity contribution in [3.63, 3.8) is 0 Å². The summed E-state index contributed by atoms with van der Waals surface area (Å²) in [6.45, 7) is 0. The minimum atomic E-state index is 0.608. The molecule has 0 unspecified atom stereocenters. The van der Waals surface area contributed by atoms with Crippen LogP contribution in [0, 0.1) is 11.3 Å². The fourth-order valence-corrected chi connectivity index (χ4v) is 1.33. The van der Waals surface area contributed by atoms with E-state index >= 15 is 0 Å². The maximum atomic E-state index is 10.5. The van der Waals surface area contributed by atoms with E-state index in [-0.39, 0.29) is 0 Å². The fourth-order valence-electron chi connectivity index (χ4n) is 1.33. The second kappa shape index (κ2) is 2.76. The zero-order valence-electron chi connectivity index (χ0n) is 6.77. The van der Waals surface area contributed by atoms with Crippen LogP contribution in [0.2, 0.25) is 0 Å². The number of carbonyl (C=O) groups is 1. The maximum absolute atomic E-state index is 10.5. The monoisotopic (exact) mass is 170 g/mol. The normalized spacial score (nSPS) is 9.77. The first-order valence-electron chi connectivity index (χ1n) is 3.81. The van der Waals surface area contributed by atoms with Crippen molar-refractivity contribution in [2.45, 2.75) is 0 Å². The summed E-state index contributed by atoms with van der Waals surface area (Å²) in [6, 6.07) is 9.08. The minimum absolute atomic E-state index is 0.608. The number of benzene rings is 1. The van der Waals surface area contributed by atoms with Crippen molar-refractivity contribution in [3.8, 4) is 6.07 Å². The molecular weight excluding hydrogens is 164 g/mol. The van der Waals surface area contributed by atoms with E-state index in [1.165, 1.54) is 4.57 Å². The Morgan fingerprint density at radius 3 is 2.92 bits per heavy atom. The van der Waals surface area contributed by atoms with E-state index in [9.17, 15) is 4.79 Å². The van der Waals surface area contributed by atoms with Gasteiger partial charge in [-0.05, 0) is 24.3 Å². The van der Waals surface area contributed by atoms with Crippen LogP contribution in [-0.4, -0.2) is 11.0 Å². The Bertz CT molecular complexity index is 505. The van der Waals surface area contributed by atoms with Crippen LogP contribution in [0.3, 0.4) is 0 Å². The van der Waals surface area contributed by atoms with Crippen LogP contribution >= 0.6 is 0 Å². The zero-order valence-corrected chi connectivity index (χ0v) is 6.77. The smallest absolute Gasteiger partial charge is 0.218 e. The molecule has 3 nitrogen and oxygen atoms in total. The second-order valence-corrected chi connectivity index (χ2v) is 2.71. The highest BCUT2D eigenvalue weighted by Crippen LogP contribution is 2.15. The lowest BCUT2D eigenvalue weighted by Gasteiger charge is -1.93. The number of aromatic nitrogens is 1. The van der Waals surface area contributed by atoms with Gasteiger partial charge in [-0.1, -0.05) is 0 Å². The summed E-state index contributed by atoms with van der Waals surface area (Å²) in [4.78, 5) is 10.5. The summed E-state index contributed by atoms with van der Waals surface area (Å²) in [6.07, 6.45) is 2.42. The molecule has 0 saturated heterocycles. The minimum Gasteiger partial charge on any atom is -0.290 e. The summed E-state index contributed by atoms with van der Waals surface area (Å²) in [5.41, 5.74) is 1.44. The summed E-state index contributed by atoms with van der Waals surface area (Å²) < 4.78 is 1.48. The Hall–Kier alpha value is -2.08. The van der Waals surface area contributed by atoms with Crippen LogP contribution in [0.25, 0.3) is 10.9 Å². The summed E-state index contributed by atoms with van der Waals surface area (Å²) in [5.74, 6) is 0. The van der Waals surface area contributed by atoms with Crippen LogP contribution < -0.4 is 0 Å². The van der Waals surface area contributed by atoms with E-state index in [1.54, 1.807) is 24.4 Å². The molecule has 1 aromatic carbocycles. The highest BCUT2D eigenvalue weighted by molar-refractivity contribution is 5.86. The molecule has 0 aliphatic heterocycles. The van der Waals surface area contributed by atoms with Gasteiger partial charge in [0, 0.05) is 11.6 Å². The number of fused-ring (bicyclic) bond motifs is 1. The predicted octanol–water partition coefficient (Wildman–Crippen LogP) is 1.55. The van der Waals surface area contributed by atoms with Gasteiger partial charge >= 0.3 is 0 Å². The van der Waals surface area contributed by atoms with Crippen molar-refractivity contribution in [3.05, 3.63) is 36.0 Å². The van der Waals surface area contributed by atoms with Crippen LogP contribution in [0.4, 0.5) is 0 Å². The molecule has 2 aromatic rings. The van der Waals surface area contributed by atoms with E-state index in [4.69, 9.17) is 5.26 Å². The Labute approximate surface area is 74.8 Å². The van der Waals surface area contributed by atoms with Crippen LogP contribution in [0.15, 0.2) is 30.5 Å². The lowest BCUT2D eigenvalue weighted by atomic mass is 10.2. The molecule has 0 fully saturated rings. The molecule has 13 heavy (non-hydrogen) atoms. The first-order valence-corrected chi connectivity index (χ1v) is 3.81. The van der Waals surface area contributed by atoms with Gasteiger partial charge in [0.05, 0.1) is 17.1 Å². The van der Waals surface area contributed by atoms with Gasteiger partial charge in [0.1, 0.15) is 0 Å². The molecule has 0 aliphatic rings. The lowest BCUT2D eigenvalue weighted by Crippen LogP contribution is -1.90. The molecule has 0 bridgehead atoms. The Balaban J connectivity index is 2.76. The van der Waals surface area contributed by atoms with Crippen molar-refractivity contribution in [2.75, 3.05) is 0 Å². The standard InChI is InChI=1S/C10H6N2O/c11-6-8-1-2-10-9(5-8)3-4-12(10)7-13/h1-5,7H. The maximum Gasteiger partial charge on any atom is 0.218 e. The molecule has 1 heterocycles. The third-order valence-electron chi connectivity index (χ3n) is 1.96. The second-order valence-electron chi connectivity index (χ2n) is 2.71. The molecular formula is C10H6N2O. The van der Waals surface area contributed by atoms with Crippen molar-refractivity contribution in [1.29, 1.82) is 5.26 Å². The molecule has 0 spiro atoms. The average molecular weight is 170 g/mol. The molecule has 1 aromatic heterocycles. The van der Waals surface area contributed by atoms with E-state index in [2.05, 4.69) is 0 Å². The van der Waals surface area contributed by atoms with Gasteiger partial charge in [0.15, 0.2) is 0 Å². The van der Waals surface area contributed by atoms with Gasteiger partial charge < -0.3 is 0 Å². The van der Waals surface area contributed by atoms with Gasteiger partial charge in [-0.2, -0.15) is 5.26 Å². The highest BCUT2D eigenvalue weighted by Gasteiger charge is 1.99. The average Bonchev–Trinajstić information content (AvgIpc) is 2.59. The highest BCUT2D eigenvalue weighted by atomic mass is 16.1. The predicted molar refractivity (Wildman–Crippen MR) is 48.8 cm³/mol. The SMILES string of the molecule is N#Cc1ccc2c(ccn2C=O)c1. The first kappa shape index (κ1) is 7.56. The Morgan fingerprint density at radius 2 is 2.23 bits per heavy atom. The molecule has 0 N–H and O–H groups in total. The van der Waals surface area contributed by atoms with Crippen LogP contribution in [0.5, 0.6) is 0 Å². The van der Waals surface area contributed by atoms with Crippen LogP contribution in [0.1, 0.15) is 5.56 Å². The number of rotatable bonds is 1. The Morgan fingerprint density at radius 1 is 1.38 bits per heavy atom. The van der Waals surface area contributed by atoms with E-state index in [0.717, 1.165) is 17.3 Å². The zero-order chi connectivity index (χ0) is 9.26. The first-order chi connectivity index (χ1) is 6.35. The van der Waals surface area contributed by atoms with E-state index < -0.39 is 0 Å². The van der Waals surface area contributed by atoms with Crippen molar-refractivity contribution < 1.29 is 4.79 Å². The number of hydrogen-bond donors (Lipinski definition) is 0. The van der Waals surface area contributed by atoms with Crippen molar-refractivity contribution in [2.24, 2.45) is 0 Å². The van der Waals surface area contributed by atoms with Gasteiger partial charge in [0.25, 0.3) is 0 Å². The van der Waals surface area contributed by atoms with Gasteiger partial charge in [-0.25, -0.2) is 0 Å². The number of hydrogen-bond acceptors (Lipinski definition) is 2. The largest absolute Gasteiger partial charge is 0.290 e. The molecule has 3 heteroatoms. The summed E-state index contributed by atoms with van der Waals surface area (Å²) >= 11 is 0. The Kier molecular flexibility index (Phi) is 1.60. The van der Waals surface area contributed by atoms with E-state index in [1.807, 2.05) is 12.1 Å². The number of nitriles is 1. The molecule has 0 radical (unpaired) electrons. The molecule has 0 saturated carbocycles. The topological polar surface area (TPSA) is 45.8 Å². The summed E-state index contributed by atoms with van der Waals surface area (Å²) in [7, 11) is 0. The number of carbonyl (C=O) groups excluding carboxylic acids is 1. The lowest BCUT2D eigenvalue weighted by molar-refractivity contribution is 0.549. The quantitative estimate of drug-likeness (QED) is 0.609. The third-order valence-corrected chi connectivity index (χ3v) is 1.96. The molecule has 62 valence electrons. The van der Waals surface area contributed by atoms with Crippen molar-refractivity contribution >= 4 is 17.3 Å². The molecule has 2 rings (SSSR count). The van der Waals surface area contributed by atoms with E-state index in [0.29, 0.717) is 5.56 Å². The fraction of sp³-hybridized carbons (Fsp3) is 0. The summed E-state index contributed by atoms with van der Waals surface area (Å²) in [5, 5.41) is 9.54. The van der Waals surface area contributed by atoms with Gasteiger partial charge in [-0.15, -0.1) is 0 Å². The van der Waals surface area contributed by atoms with Crippen molar-refractivity contribution in [1.82, 2.24) is 4.57 Å². The molecule has 0 atom stereocenters. The van der Waals surface area contributed by atoms with Crippen LogP contribution in [-0.2, 0) is 4.79 Å². The molecule has 0 aliphatic carbocycles. The third kappa shape index (κ3) is 1.09. The van der Waals surface area contributed by atoms with Gasteiger partial charge in [0.2, 0.25) is 6.41 Å². The number of nitrogens with zero attached hydrogens (tertiary/aromatic N) is 2. The molecule has 0 amide bonds.